The highest BCUT2D eigenvalue weighted by molar-refractivity contribution is 14.1. The molecule has 0 saturated carbocycles. The number of hydrogen-bond donors (Lipinski definition) is 1. The van der Waals surface area contributed by atoms with Crippen LogP contribution in [0.5, 0.6) is 11.8 Å². The van der Waals surface area contributed by atoms with Crippen molar-refractivity contribution in [3.63, 3.8) is 0 Å². The zero-order chi connectivity index (χ0) is 25.5. The number of nitrogens with zero attached hydrogens (tertiary/aromatic N) is 4. The van der Waals surface area contributed by atoms with Crippen molar-refractivity contribution < 1.29 is 24.1 Å². The summed E-state index contributed by atoms with van der Waals surface area (Å²) in [5, 5.41) is 10.4. The lowest BCUT2D eigenvalue weighted by Gasteiger charge is -2.34. The number of anilines is 1. The standard InChI is InChI=1S/C26H26BrIN4O5/c27-21-20(28)11-19-22(23(21)36-14-15-4-2-1-3-5-15)29-25(37-18-6-8-35-9-7-18)30-24(19)31-12-17-10-16(31)13-32(17)26(33)34/h1-5,11,16-18H,6-10,12-14H2,(H,33,34). The van der Waals surface area contributed by atoms with Crippen molar-refractivity contribution in [2.45, 2.75) is 44.1 Å². The minimum atomic E-state index is -0.863. The molecule has 0 spiro atoms. The number of amides is 1. The summed E-state index contributed by atoms with van der Waals surface area (Å²) in [6, 6.07) is 12.4. The van der Waals surface area contributed by atoms with Gasteiger partial charge in [0.2, 0.25) is 0 Å². The van der Waals surface area contributed by atoms with Crippen LogP contribution in [0.3, 0.4) is 0 Å². The summed E-state index contributed by atoms with van der Waals surface area (Å²) in [6.45, 7) is 2.76. The molecule has 2 atom stereocenters. The highest BCUT2D eigenvalue weighted by Crippen LogP contribution is 2.43. The number of piperazine rings is 1. The van der Waals surface area contributed by atoms with Crippen LogP contribution < -0.4 is 14.4 Å². The maximum absolute atomic E-state index is 11.7. The Morgan fingerprint density at radius 2 is 1.95 bits per heavy atom. The Labute approximate surface area is 236 Å². The van der Waals surface area contributed by atoms with Gasteiger partial charge in [0.1, 0.15) is 24.0 Å². The van der Waals surface area contributed by atoms with Gasteiger partial charge in [0.15, 0.2) is 5.75 Å². The van der Waals surface area contributed by atoms with Gasteiger partial charge in [0, 0.05) is 34.9 Å². The molecule has 1 N–H and O–H groups in total. The van der Waals surface area contributed by atoms with E-state index in [4.69, 9.17) is 24.2 Å². The number of carbonyl (C=O) groups is 1. The Hall–Kier alpha value is -2.38. The van der Waals surface area contributed by atoms with Crippen LogP contribution in [-0.4, -0.2) is 70.6 Å². The average molecular weight is 681 g/mol. The first kappa shape index (κ1) is 24.9. The summed E-state index contributed by atoms with van der Waals surface area (Å²) in [5.41, 5.74) is 1.73. The van der Waals surface area contributed by atoms with Crippen molar-refractivity contribution in [2.75, 3.05) is 31.2 Å². The number of ether oxygens (including phenoxy) is 3. The van der Waals surface area contributed by atoms with Crippen LogP contribution in [0, 0.1) is 3.57 Å². The molecule has 11 heteroatoms. The van der Waals surface area contributed by atoms with Crippen LogP contribution in [0.25, 0.3) is 10.9 Å². The van der Waals surface area contributed by atoms with E-state index in [9.17, 15) is 9.90 Å². The largest absolute Gasteiger partial charge is 0.485 e. The summed E-state index contributed by atoms with van der Waals surface area (Å²) in [4.78, 5) is 25.2. The van der Waals surface area contributed by atoms with E-state index in [1.165, 1.54) is 0 Å². The molecule has 1 amide bonds. The Morgan fingerprint density at radius 3 is 2.65 bits per heavy atom. The highest BCUT2D eigenvalue weighted by atomic mass is 127. The number of rotatable bonds is 6. The van der Waals surface area contributed by atoms with Crippen molar-refractivity contribution in [1.29, 1.82) is 0 Å². The molecule has 9 nitrogen and oxygen atoms in total. The zero-order valence-corrected chi connectivity index (χ0v) is 23.7. The normalized spacial score (nSPS) is 21.6. The van der Waals surface area contributed by atoms with Gasteiger partial charge >= 0.3 is 12.1 Å². The maximum atomic E-state index is 11.7. The molecule has 2 aromatic carbocycles. The van der Waals surface area contributed by atoms with Gasteiger partial charge in [-0.05, 0) is 56.6 Å². The fraction of sp³-hybridized carbons (Fsp3) is 0.423. The predicted octanol–water partition coefficient (Wildman–Crippen LogP) is 5.07. The van der Waals surface area contributed by atoms with E-state index in [0.717, 1.165) is 44.1 Å². The van der Waals surface area contributed by atoms with E-state index in [2.05, 4.69) is 49.5 Å². The Balaban J connectivity index is 1.42. The van der Waals surface area contributed by atoms with Crippen LogP contribution in [-0.2, 0) is 11.3 Å². The van der Waals surface area contributed by atoms with E-state index >= 15 is 0 Å². The van der Waals surface area contributed by atoms with Gasteiger partial charge < -0.3 is 29.1 Å². The fourth-order valence-electron chi connectivity index (χ4n) is 5.38. The first-order valence-electron chi connectivity index (χ1n) is 12.3. The molecule has 3 aliphatic rings. The molecular formula is C26H26BrIN4O5. The van der Waals surface area contributed by atoms with Crippen LogP contribution in [0.2, 0.25) is 0 Å². The third-order valence-electron chi connectivity index (χ3n) is 7.22. The summed E-state index contributed by atoms with van der Waals surface area (Å²) < 4.78 is 20.0. The van der Waals surface area contributed by atoms with Gasteiger partial charge in [-0.15, -0.1) is 0 Å². The zero-order valence-electron chi connectivity index (χ0n) is 20.0. The maximum Gasteiger partial charge on any atom is 0.407 e. The smallest absolute Gasteiger partial charge is 0.407 e. The van der Waals surface area contributed by atoms with Crippen LogP contribution in [0.15, 0.2) is 40.9 Å². The van der Waals surface area contributed by atoms with Gasteiger partial charge in [0.05, 0.1) is 29.8 Å². The van der Waals surface area contributed by atoms with Crippen LogP contribution in [0.1, 0.15) is 24.8 Å². The van der Waals surface area contributed by atoms with Crippen molar-refractivity contribution in [2.24, 2.45) is 0 Å². The molecule has 1 aromatic heterocycles. The lowest BCUT2D eigenvalue weighted by Crippen LogP contribution is -2.48. The molecule has 4 heterocycles. The average Bonchev–Trinajstić information content (AvgIpc) is 3.52. The van der Waals surface area contributed by atoms with Crippen molar-refractivity contribution in [3.05, 3.63) is 50.0 Å². The molecule has 194 valence electrons. The summed E-state index contributed by atoms with van der Waals surface area (Å²) >= 11 is 6.02. The fourth-order valence-corrected chi connectivity index (χ4v) is 6.36. The second-order valence-corrected chi connectivity index (χ2v) is 11.5. The van der Waals surface area contributed by atoms with Gasteiger partial charge in [-0.2, -0.15) is 9.97 Å². The number of halogens is 2. The Morgan fingerprint density at radius 1 is 1.16 bits per heavy atom. The third kappa shape index (κ3) is 4.92. The number of benzene rings is 2. The highest BCUT2D eigenvalue weighted by Gasteiger charge is 2.46. The van der Waals surface area contributed by atoms with Gasteiger partial charge in [-0.1, -0.05) is 30.3 Å². The second kappa shape index (κ2) is 10.4. The number of fused-ring (bicyclic) bond motifs is 3. The second-order valence-electron chi connectivity index (χ2n) is 9.56. The van der Waals surface area contributed by atoms with Gasteiger partial charge in [0.25, 0.3) is 0 Å². The molecule has 3 aliphatic heterocycles. The lowest BCUT2D eigenvalue weighted by atomic mass is 10.1. The van der Waals surface area contributed by atoms with E-state index in [1.807, 2.05) is 30.3 Å². The van der Waals surface area contributed by atoms with E-state index in [1.54, 1.807) is 4.90 Å². The minimum Gasteiger partial charge on any atom is -0.485 e. The Kier molecular flexibility index (Phi) is 7.01. The molecule has 0 aliphatic carbocycles. The monoisotopic (exact) mass is 680 g/mol. The van der Waals surface area contributed by atoms with Crippen molar-refractivity contribution in [1.82, 2.24) is 14.9 Å². The number of likely N-dealkylation sites (tertiary alicyclic amines) is 1. The van der Waals surface area contributed by atoms with Crippen molar-refractivity contribution >= 4 is 61.3 Å². The first-order chi connectivity index (χ1) is 18.0. The molecule has 6 rings (SSSR count). The molecule has 2 unspecified atom stereocenters. The molecule has 3 aromatic rings. The number of aromatic nitrogens is 2. The van der Waals surface area contributed by atoms with E-state index < -0.39 is 6.09 Å². The Bertz CT molecular complexity index is 1320. The van der Waals surface area contributed by atoms with Gasteiger partial charge in [-0.25, -0.2) is 4.79 Å². The number of hydrogen-bond acceptors (Lipinski definition) is 7. The molecule has 3 fully saturated rings. The van der Waals surface area contributed by atoms with E-state index in [-0.39, 0.29) is 18.2 Å². The third-order valence-corrected chi connectivity index (χ3v) is 9.60. The summed E-state index contributed by atoms with van der Waals surface area (Å²) in [6.07, 6.45) is 1.48. The predicted molar refractivity (Wildman–Crippen MR) is 149 cm³/mol. The lowest BCUT2D eigenvalue weighted by molar-refractivity contribution is 0.0219. The number of carboxylic acid groups (broad SMARTS) is 1. The van der Waals surface area contributed by atoms with Crippen molar-refractivity contribution in [3.8, 4) is 11.8 Å². The first-order valence-corrected chi connectivity index (χ1v) is 14.2. The molecular weight excluding hydrogens is 655 g/mol. The van der Waals surface area contributed by atoms with Crippen LogP contribution in [0.4, 0.5) is 10.6 Å². The van der Waals surface area contributed by atoms with Gasteiger partial charge in [-0.3, -0.25) is 0 Å². The minimum absolute atomic E-state index is 0.0162. The van der Waals surface area contributed by atoms with E-state index in [0.29, 0.717) is 50.2 Å². The topological polar surface area (TPSA) is 97.3 Å². The van der Waals surface area contributed by atoms with Crippen LogP contribution >= 0.6 is 38.5 Å². The quantitative estimate of drug-likeness (QED) is 0.361. The molecule has 2 bridgehead atoms. The summed E-state index contributed by atoms with van der Waals surface area (Å²) in [7, 11) is 0. The molecule has 37 heavy (non-hydrogen) atoms. The SMILES string of the molecule is O=C(O)N1CC2CC1CN2c1nc(OC2CCOCC2)nc2c(OCc3ccccc3)c(Br)c(I)cc12. The summed E-state index contributed by atoms with van der Waals surface area (Å²) in [5.74, 6) is 1.40. The molecule has 3 saturated heterocycles. The molecule has 0 radical (unpaired) electrons.